The number of aliphatic hydroxyl groups excluding tert-OH is 2. The summed E-state index contributed by atoms with van der Waals surface area (Å²) in [6, 6.07) is 1.70. The van der Waals surface area contributed by atoms with Crippen LogP contribution in [0.2, 0.25) is 0 Å². The van der Waals surface area contributed by atoms with E-state index in [2.05, 4.69) is 0 Å². The van der Waals surface area contributed by atoms with Gasteiger partial charge in [-0.15, -0.1) is 0 Å². The van der Waals surface area contributed by atoms with Crippen LogP contribution in [0, 0.1) is 0 Å². The van der Waals surface area contributed by atoms with Crippen LogP contribution in [-0.4, -0.2) is 149 Å². The summed E-state index contributed by atoms with van der Waals surface area (Å²) in [5.41, 5.74) is -4.47. The van der Waals surface area contributed by atoms with Crippen LogP contribution in [0.25, 0.3) is 21.5 Å². The number of ether oxygens (including phenoxy) is 8. The number of hydrogen-bond donors (Lipinski definition) is 7. The third-order valence-corrected chi connectivity index (χ3v) is 12.5. The first-order valence-corrected chi connectivity index (χ1v) is 18.3. The third-order valence-electron chi connectivity index (χ3n) is 12.5. The van der Waals surface area contributed by atoms with Gasteiger partial charge < -0.3 is 78.5 Å². The molecule has 7 N–H and O–H groups in total. The van der Waals surface area contributed by atoms with Crippen molar-refractivity contribution in [2.75, 3.05) is 42.5 Å². The standard InChI is InChI=1S/C39H51NO16/c1-14-32(49-7)39(4,52-10)33(50-8)36(53-14)54-19-13-37(2,48)24(34(47)51-9)15-11-16-21(27(43)20(15)19)28(44)22-18(41)12-17-30(23(22)26(16)42)55-35-29(45)25(40(5)6)31(46)38(17,3)56-35/h11-12,14,19,24-25,29,31-33,35-36,41-46,48H,13H2,1-10H3/t14-,19-,24-,25-,29-,31+,32-,33-,35+,36-,37-,38+,39+/m0/s1. The minimum absolute atomic E-state index is 0.000943. The van der Waals surface area contributed by atoms with Crippen molar-refractivity contribution >= 4 is 27.5 Å². The molecule has 2 bridgehead atoms. The Balaban J connectivity index is 1.48. The van der Waals surface area contributed by atoms with E-state index < -0.39 is 107 Å². The molecule has 3 aliphatic heterocycles. The summed E-state index contributed by atoms with van der Waals surface area (Å²) in [7, 11) is 8.93. The molecule has 3 aromatic carbocycles. The highest BCUT2D eigenvalue weighted by Gasteiger charge is 2.59. The molecule has 0 unspecified atom stereocenters. The van der Waals surface area contributed by atoms with E-state index in [1.165, 1.54) is 40.4 Å². The molecule has 17 heteroatoms. The highest BCUT2D eigenvalue weighted by atomic mass is 16.7. The van der Waals surface area contributed by atoms with E-state index in [-0.39, 0.29) is 50.4 Å². The van der Waals surface area contributed by atoms with Gasteiger partial charge in [0.15, 0.2) is 6.29 Å². The van der Waals surface area contributed by atoms with Crippen molar-refractivity contribution in [3.8, 4) is 28.7 Å². The van der Waals surface area contributed by atoms with E-state index in [4.69, 9.17) is 37.9 Å². The summed E-state index contributed by atoms with van der Waals surface area (Å²) >= 11 is 0. The topological polar surface area (TPSA) is 236 Å². The van der Waals surface area contributed by atoms with Crippen LogP contribution in [0.15, 0.2) is 12.1 Å². The minimum Gasteiger partial charge on any atom is -0.507 e. The second kappa shape index (κ2) is 13.7. The summed E-state index contributed by atoms with van der Waals surface area (Å²) in [5.74, 6) is -4.87. The van der Waals surface area contributed by atoms with E-state index in [1.54, 1.807) is 39.8 Å². The zero-order valence-corrected chi connectivity index (χ0v) is 32.9. The maximum absolute atomic E-state index is 13.5. The number of fused-ring (bicyclic) bond motifs is 8. The van der Waals surface area contributed by atoms with Crippen molar-refractivity contribution in [1.82, 2.24) is 4.90 Å². The fourth-order valence-corrected chi connectivity index (χ4v) is 9.72. The van der Waals surface area contributed by atoms with Gasteiger partial charge in [-0.25, -0.2) is 0 Å². The predicted molar refractivity (Wildman–Crippen MR) is 196 cm³/mol. The number of phenols is 4. The first-order chi connectivity index (χ1) is 26.2. The first-order valence-electron chi connectivity index (χ1n) is 18.3. The summed E-state index contributed by atoms with van der Waals surface area (Å²) in [4.78, 5) is 15.1. The number of aromatic hydroxyl groups is 4. The maximum atomic E-state index is 13.5. The Morgan fingerprint density at radius 1 is 0.911 bits per heavy atom. The third kappa shape index (κ3) is 5.47. The molecule has 13 atom stereocenters. The Morgan fingerprint density at radius 3 is 2.16 bits per heavy atom. The average molecular weight is 790 g/mol. The number of benzene rings is 3. The maximum Gasteiger partial charge on any atom is 0.316 e. The van der Waals surface area contributed by atoms with Crippen LogP contribution in [0.5, 0.6) is 28.7 Å². The summed E-state index contributed by atoms with van der Waals surface area (Å²) < 4.78 is 47.6. The molecule has 308 valence electrons. The van der Waals surface area contributed by atoms with Gasteiger partial charge in [0.05, 0.1) is 47.1 Å². The molecule has 3 aromatic rings. The lowest BCUT2D eigenvalue weighted by Crippen LogP contribution is -2.68. The molecule has 56 heavy (non-hydrogen) atoms. The van der Waals surface area contributed by atoms with Gasteiger partial charge >= 0.3 is 5.97 Å². The molecule has 17 nitrogen and oxygen atoms in total. The van der Waals surface area contributed by atoms with Crippen LogP contribution in [0.1, 0.15) is 62.8 Å². The molecule has 0 aromatic heterocycles. The SMILES string of the molecule is COC(=O)[C@@H]1c2cc3c(O)c4c5c(cc(O)c4c(O)c3c(O)c2[C@@H](O[C@@H]2O[C@@H](C)[C@H](OC)[C@@](C)(OC)[C@H]2OC)C[C@]1(C)O)[C@@]1(C)O[C@@H](O5)[C@@H](O)[C@H](N(C)C)[C@H]1O. The number of carbonyl (C=O) groups is 1. The van der Waals surface area contributed by atoms with Crippen molar-refractivity contribution < 1.29 is 78.4 Å². The van der Waals surface area contributed by atoms with E-state index in [9.17, 15) is 40.5 Å². The fraction of sp³-hybridized carbons (Fsp3) is 0.615. The van der Waals surface area contributed by atoms with Crippen molar-refractivity contribution in [3.63, 3.8) is 0 Å². The number of methoxy groups -OCH3 is 4. The Labute approximate surface area is 322 Å². The zero-order valence-electron chi connectivity index (χ0n) is 32.9. The van der Waals surface area contributed by atoms with E-state index >= 15 is 0 Å². The Morgan fingerprint density at radius 2 is 1.57 bits per heavy atom. The number of rotatable bonds is 7. The van der Waals surface area contributed by atoms with Crippen LogP contribution in [0.3, 0.4) is 0 Å². The van der Waals surface area contributed by atoms with Gasteiger partial charge in [-0.05, 0) is 59.5 Å². The molecule has 4 aliphatic rings. The second-order valence-corrected chi connectivity index (χ2v) is 16.0. The minimum atomic E-state index is -1.87. The largest absolute Gasteiger partial charge is 0.507 e. The number of aliphatic hydroxyl groups is 3. The zero-order chi connectivity index (χ0) is 41.1. The van der Waals surface area contributed by atoms with Crippen LogP contribution < -0.4 is 4.74 Å². The Hall–Kier alpha value is -3.75. The number of likely N-dealkylation sites (N-methyl/N-ethyl adjacent to an activating group) is 1. The molecule has 2 saturated heterocycles. The molecule has 0 amide bonds. The van der Waals surface area contributed by atoms with Gasteiger partial charge in [0.2, 0.25) is 6.29 Å². The number of hydrogen-bond acceptors (Lipinski definition) is 17. The number of esters is 1. The molecule has 1 aliphatic carbocycles. The summed E-state index contributed by atoms with van der Waals surface area (Å²) in [5, 5.41) is 81.6. The van der Waals surface area contributed by atoms with Crippen LogP contribution in [0.4, 0.5) is 0 Å². The lowest BCUT2D eigenvalue weighted by molar-refractivity contribution is -0.345. The average Bonchev–Trinajstić information content (AvgIpc) is 3.12. The van der Waals surface area contributed by atoms with Crippen molar-refractivity contribution in [2.24, 2.45) is 0 Å². The van der Waals surface area contributed by atoms with E-state index in [1.807, 2.05) is 0 Å². The quantitative estimate of drug-likeness (QED) is 0.103. The van der Waals surface area contributed by atoms with Crippen molar-refractivity contribution in [2.45, 2.75) is 112 Å². The van der Waals surface area contributed by atoms with Crippen LogP contribution in [-0.2, 0) is 43.6 Å². The van der Waals surface area contributed by atoms with Gasteiger partial charge in [0.25, 0.3) is 0 Å². The first kappa shape index (κ1) is 40.4. The lowest BCUT2D eigenvalue weighted by atomic mass is 9.70. The number of carbonyl (C=O) groups excluding carboxylic acids is 1. The smallest absolute Gasteiger partial charge is 0.316 e. The van der Waals surface area contributed by atoms with Crippen molar-refractivity contribution in [1.29, 1.82) is 0 Å². The number of phenolic OH excluding ortho intramolecular Hbond substituents is 4. The van der Waals surface area contributed by atoms with E-state index in [0.717, 1.165) is 7.11 Å². The molecule has 2 fully saturated rings. The van der Waals surface area contributed by atoms with Gasteiger partial charge in [-0.3, -0.25) is 4.79 Å². The molecular weight excluding hydrogens is 738 g/mol. The molecule has 3 heterocycles. The predicted octanol–water partition coefficient (Wildman–Crippen LogP) is 2.08. The van der Waals surface area contributed by atoms with Gasteiger partial charge in [0.1, 0.15) is 70.3 Å². The van der Waals surface area contributed by atoms with Crippen molar-refractivity contribution in [3.05, 3.63) is 28.8 Å². The highest BCUT2D eigenvalue weighted by molar-refractivity contribution is 6.17. The number of nitrogens with zero attached hydrogens (tertiary/aromatic N) is 1. The second-order valence-electron chi connectivity index (χ2n) is 16.0. The Kier molecular flexibility index (Phi) is 9.88. The molecule has 7 rings (SSSR count). The monoisotopic (exact) mass is 789 g/mol. The molecule has 0 radical (unpaired) electrons. The molecule has 0 spiro atoms. The van der Waals surface area contributed by atoms with E-state index in [0.29, 0.717) is 0 Å². The summed E-state index contributed by atoms with van der Waals surface area (Å²) in [6.07, 6.45) is -8.87. The normalized spacial score (nSPS) is 38.0. The fourth-order valence-electron chi connectivity index (χ4n) is 9.72. The molecular formula is C39H51NO16. The van der Waals surface area contributed by atoms with Crippen LogP contribution >= 0.6 is 0 Å². The summed E-state index contributed by atoms with van der Waals surface area (Å²) in [6.45, 7) is 6.50. The highest BCUT2D eigenvalue weighted by Crippen LogP contribution is 2.60. The lowest BCUT2D eigenvalue weighted by Gasteiger charge is -2.53. The Bertz CT molecular complexity index is 2070. The van der Waals surface area contributed by atoms with Gasteiger partial charge in [-0.1, -0.05) is 0 Å². The van der Waals surface area contributed by atoms with Gasteiger partial charge in [0, 0.05) is 44.3 Å². The molecule has 0 saturated carbocycles. The van der Waals surface area contributed by atoms with Gasteiger partial charge in [-0.2, -0.15) is 0 Å².